The maximum absolute atomic E-state index is 12.3. The summed E-state index contributed by atoms with van der Waals surface area (Å²) < 4.78 is 5.73. The van der Waals surface area contributed by atoms with Gasteiger partial charge in [-0.1, -0.05) is 19.1 Å². The van der Waals surface area contributed by atoms with E-state index in [1.165, 1.54) is 12.0 Å². The first kappa shape index (κ1) is 14.9. The van der Waals surface area contributed by atoms with Crippen molar-refractivity contribution in [2.45, 2.75) is 52.5 Å². The lowest BCUT2D eigenvalue weighted by Crippen LogP contribution is -2.45. The monoisotopic (exact) mass is 275 g/mol. The van der Waals surface area contributed by atoms with Gasteiger partial charge in [0.1, 0.15) is 5.75 Å². The van der Waals surface area contributed by atoms with Crippen LogP contribution in [0.1, 0.15) is 43.7 Å². The molecule has 1 heterocycles. The van der Waals surface area contributed by atoms with Crippen LogP contribution in [0.4, 0.5) is 0 Å². The van der Waals surface area contributed by atoms with Crippen LogP contribution >= 0.6 is 0 Å². The smallest absolute Gasteiger partial charge is 0.260 e. The van der Waals surface area contributed by atoms with E-state index in [9.17, 15) is 4.79 Å². The summed E-state index contributed by atoms with van der Waals surface area (Å²) >= 11 is 0. The highest BCUT2D eigenvalue weighted by molar-refractivity contribution is 5.78. The molecule has 0 saturated carbocycles. The number of aryl methyl sites for hydroxylation is 1. The van der Waals surface area contributed by atoms with Crippen LogP contribution in [0.3, 0.4) is 0 Å². The van der Waals surface area contributed by atoms with Crippen molar-refractivity contribution < 1.29 is 9.53 Å². The Balaban J connectivity index is 1.96. The molecule has 0 N–H and O–H groups in total. The van der Waals surface area contributed by atoms with Crippen molar-refractivity contribution in [2.24, 2.45) is 0 Å². The number of hydrogen-bond donors (Lipinski definition) is 0. The van der Waals surface area contributed by atoms with Crippen LogP contribution in [0.25, 0.3) is 0 Å². The van der Waals surface area contributed by atoms with Crippen molar-refractivity contribution >= 4 is 5.91 Å². The average Bonchev–Trinajstić information content (AvgIpc) is 2.48. The predicted octanol–water partition coefficient (Wildman–Crippen LogP) is 3.47. The van der Waals surface area contributed by atoms with E-state index in [4.69, 9.17) is 4.74 Å². The van der Waals surface area contributed by atoms with Crippen molar-refractivity contribution in [3.63, 3.8) is 0 Å². The van der Waals surface area contributed by atoms with Gasteiger partial charge in [0.05, 0.1) is 0 Å². The molecule has 0 spiro atoms. The van der Waals surface area contributed by atoms with Crippen molar-refractivity contribution in [3.8, 4) is 5.75 Å². The minimum absolute atomic E-state index is 0.123. The Morgan fingerprint density at radius 1 is 1.35 bits per heavy atom. The summed E-state index contributed by atoms with van der Waals surface area (Å²) in [5.41, 5.74) is 2.31. The second kappa shape index (κ2) is 6.78. The molecule has 1 aliphatic heterocycles. The lowest BCUT2D eigenvalue weighted by atomic mass is 10.00. The summed E-state index contributed by atoms with van der Waals surface area (Å²) in [6.07, 6.45) is 4.52. The van der Waals surface area contributed by atoms with Crippen LogP contribution in [0.5, 0.6) is 5.75 Å². The molecule has 1 aliphatic rings. The summed E-state index contributed by atoms with van der Waals surface area (Å²) in [6, 6.07) is 6.36. The first-order valence-electron chi connectivity index (χ1n) is 7.62. The number of rotatable bonds is 4. The SMILES string of the molecule is CCC1CCCCN1C(=O)COc1cccc(C)c1C. The molecule has 0 bridgehead atoms. The summed E-state index contributed by atoms with van der Waals surface area (Å²) in [4.78, 5) is 14.3. The normalized spacial score (nSPS) is 18.9. The number of amides is 1. The van der Waals surface area contributed by atoms with Crippen molar-refractivity contribution in [1.29, 1.82) is 0 Å². The molecule has 1 amide bonds. The average molecular weight is 275 g/mol. The third-order valence-corrected chi connectivity index (χ3v) is 4.32. The fourth-order valence-electron chi connectivity index (χ4n) is 2.86. The van der Waals surface area contributed by atoms with E-state index in [-0.39, 0.29) is 12.5 Å². The minimum atomic E-state index is 0.123. The molecule has 110 valence electrons. The Morgan fingerprint density at radius 2 is 2.15 bits per heavy atom. The molecule has 1 saturated heterocycles. The van der Waals surface area contributed by atoms with Crippen molar-refractivity contribution in [2.75, 3.05) is 13.2 Å². The van der Waals surface area contributed by atoms with E-state index in [1.807, 2.05) is 24.0 Å². The Hall–Kier alpha value is -1.51. The van der Waals surface area contributed by atoms with E-state index in [0.717, 1.165) is 37.1 Å². The number of hydrogen-bond acceptors (Lipinski definition) is 2. The molecule has 2 rings (SSSR count). The number of piperidine rings is 1. The van der Waals surface area contributed by atoms with Gasteiger partial charge >= 0.3 is 0 Å². The molecule has 1 aromatic rings. The van der Waals surface area contributed by atoms with Crippen LogP contribution in [0.2, 0.25) is 0 Å². The molecular formula is C17H25NO2. The Morgan fingerprint density at radius 3 is 2.90 bits per heavy atom. The molecule has 1 atom stereocenters. The van der Waals surface area contributed by atoms with Gasteiger partial charge in [-0.2, -0.15) is 0 Å². The van der Waals surface area contributed by atoms with Crippen LogP contribution in [0, 0.1) is 13.8 Å². The van der Waals surface area contributed by atoms with E-state index in [0.29, 0.717) is 6.04 Å². The summed E-state index contributed by atoms with van der Waals surface area (Å²) in [5, 5.41) is 0. The van der Waals surface area contributed by atoms with Gasteiger partial charge in [-0.25, -0.2) is 0 Å². The first-order valence-corrected chi connectivity index (χ1v) is 7.62. The quantitative estimate of drug-likeness (QED) is 0.842. The Bertz CT molecular complexity index is 470. The number of carbonyl (C=O) groups excluding carboxylic acids is 1. The van der Waals surface area contributed by atoms with Crippen molar-refractivity contribution in [1.82, 2.24) is 4.90 Å². The van der Waals surface area contributed by atoms with Crippen LogP contribution in [-0.2, 0) is 4.79 Å². The Labute approximate surface area is 121 Å². The molecule has 1 aromatic carbocycles. The van der Waals surface area contributed by atoms with E-state index >= 15 is 0 Å². The number of likely N-dealkylation sites (tertiary alicyclic amines) is 1. The van der Waals surface area contributed by atoms with E-state index in [2.05, 4.69) is 19.9 Å². The largest absolute Gasteiger partial charge is 0.483 e. The third kappa shape index (κ3) is 3.33. The Kier molecular flexibility index (Phi) is 5.05. The number of carbonyl (C=O) groups is 1. The number of benzene rings is 1. The van der Waals surface area contributed by atoms with Crippen LogP contribution < -0.4 is 4.74 Å². The number of ether oxygens (including phenoxy) is 1. The van der Waals surface area contributed by atoms with Gasteiger partial charge in [0.25, 0.3) is 5.91 Å². The molecule has 0 radical (unpaired) electrons. The standard InChI is InChI=1S/C17H25NO2/c1-4-15-9-5-6-11-18(15)17(19)12-20-16-10-7-8-13(2)14(16)3/h7-8,10,15H,4-6,9,11-12H2,1-3H3. The molecule has 1 unspecified atom stereocenters. The van der Waals surface area contributed by atoms with Gasteiger partial charge < -0.3 is 9.64 Å². The zero-order valence-electron chi connectivity index (χ0n) is 12.8. The van der Waals surface area contributed by atoms with Gasteiger partial charge in [-0.3, -0.25) is 4.79 Å². The van der Waals surface area contributed by atoms with Gasteiger partial charge in [0.15, 0.2) is 6.61 Å². The second-order valence-corrected chi connectivity index (χ2v) is 5.63. The summed E-state index contributed by atoms with van der Waals surface area (Å²) in [5.74, 6) is 0.945. The summed E-state index contributed by atoms with van der Waals surface area (Å²) in [6.45, 7) is 7.28. The molecular weight excluding hydrogens is 250 g/mol. The van der Waals surface area contributed by atoms with Gasteiger partial charge in [-0.15, -0.1) is 0 Å². The van der Waals surface area contributed by atoms with Gasteiger partial charge in [0, 0.05) is 12.6 Å². The van der Waals surface area contributed by atoms with Crippen LogP contribution in [0.15, 0.2) is 18.2 Å². The predicted molar refractivity (Wildman–Crippen MR) is 81.1 cm³/mol. The van der Waals surface area contributed by atoms with Crippen LogP contribution in [-0.4, -0.2) is 30.0 Å². The fraction of sp³-hybridized carbons (Fsp3) is 0.588. The lowest BCUT2D eigenvalue weighted by Gasteiger charge is -2.35. The maximum atomic E-state index is 12.3. The van der Waals surface area contributed by atoms with E-state index in [1.54, 1.807) is 0 Å². The molecule has 0 aromatic heterocycles. The molecule has 3 heteroatoms. The second-order valence-electron chi connectivity index (χ2n) is 5.63. The van der Waals surface area contributed by atoms with Gasteiger partial charge in [-0.05, 0) is 56.7 Å². The highest BCUT2D eigenvalue weighted by Gasteiger charge is 2.25. The zero-order chi connectivity index (χ0) is 14.5. The summed E-state index contributed by atoms with van der Waals surface area (Å²) in [7, 11) is 0. The zero-order valence-corrected chi connectivity index (χ0v) is 12.8. The fourth-order valence-corrected chi connectivity index (χ4v) is 2.86. The lowest BCUT2D eigenvalue weighted by molar-refractivity contribution is -0.137. The number of nitrogens with zero attached hydrogens (tertiary/aromatic N) is 1. The maximum Gasteiger partial charge on any atom is 0.260 e. The molecule has 3 nitrogen and oxygen atoms in total. The van der Waals surface area contributed by atoms with E-state index < -0.39 is 0 Å². The van der Waals surface area contributed by atoms with Gasteiger partial charge in [0.2, 0.25) is 0 Å². The molecule has 0 aliphatic carbocycles. The molecule has 20 heavy (non-hydrogen) atoms. The topological polar surface area (TPSA) is 29.5 Å². The highest BCUT2D eigenvalue weighted by atomic mass is 16.5. The highest BCUT2D eigenvalue weighted by Crippen LogP contribution is 2.22. The van der Waals surface area contributed by atoms with Crippen molar-refractivity contribution in [3.05, 3.63) is 29.3 Å². The first-order chi connectivity index (χ1) is 9.63. The molecule has 1 fully saturated rings. The minimum Gasteiger partial charge on any atom is -0.483 e. The third-order valence-electron chi connectivity index (χ3n) is 4.32.